The quantitative estimate of drug-likeness (QED) is 0.757. The molecule has 0 aliphatic carbocycles. The summed E-state index contributed by atoms with van der Waals surface area (Å²) in [5, 5.41) is 3.46. The van der Waals surface area contributed by atoms with E-state index >= 15 is 0 Å². The largest absolute Gasteiger partial charge is 0.456 e. The maximum Gasteiger partial charge on any atom is 0.377 e. The van der Waals surface area contributed by atoms with Gasteiger partial charge in [0.1, 0.15) is 6.10 Å². The van der Waals surface area contributed by atoms with Gasteiger partial charge in [-0.05, 0) is 32.4 Å². The first-order chi connectivity index (χ1) is 9.51. The molecule has 0 bridgehead atoms. The van der Waals surface area contributed by atoms with Crippen LogP contribution in [0.3, 0.4) is 0 Å². The number of alkyl halides is 2. The van der Waals surface area contributed by atoms with Gasteiger partial charge >= 0.3 is 11.9 Å². The Morgan fingerprint density at radius 1 is 1.40 bits per heavy atom. The number of nitrogens with zero attached hydrogens (tertiary/aromatic N) is 1. The fourth-order valence-electron chi connectivity index (χ4n) is 3.00. The van der Waals surface area contributed by atoms with E-state index in [1.807, 2.05) is 0 Å². The fourth-order valence-corrected chi connectivity index (χ4v) is 3.00. The Morgan fingerprint density at radius 3 is 2.75 bits per heavy atom. The van der Waals surface area contributed by atoms with Crippen molar-refractivity contribution in [3.63, 3.8) is 0 Å². The fraction of sp³-hybridized carbons (Fsp3) is 0.929. The molecule has 0 aromatic carbocycles. The smallest absolute Gasteiger partial charge is 0.377 e. The number of carbonyl (C=O) groups is 1. The van der Waals surface area contributed by atoms with E-state index in [2.05, 4.69) is 17.1 Å². The zero-order valence-corrected chi connectivity index (χ0v) is 12.0. The highest BCUT2D eigenvalue weighted by atomic mass is 19.3. The van der Waals surface area contributed by atoms with E-state index in [4.69, 9.17) is 4.74 Å². The normalized spacial score (nSPS) is 29.7. The number of cyclic esters (lactones) is 1. The van der Waals surface area contributed by atoms with Gasteiger partial charge in [0.25, 0.3) is 0 Å². The van der Waals surface area contributed by atoms with Crippen molar-refractivity contribution < 1.29 is 18.3 Å². The summed E-state index contributed by atoms with van der Waals surface area (Å²) in [5.74, 6) is -4.67. The second-order valence-corrected chi connectivity index (χ2v) is 5.84. The Kier molecular flexibility index (Phi) is 5.32. The average molecular weight is 290 g/mol. The Bertz CT molecular complexity index is 333. The predicted octanol–water partition coefficient (Wildman–Crippen LogP) is 1.79. The van der Waals surface area contributed by atoms with E-state index < -0.39 is 24.4 Å². The SMILES string of the molecule is CCCN(CC1CCCCN1)CC1CC(F)(F)C(=O)O1. The van der Waals surface area contributed by atoms with Gasteiger partial charge in [-0.1, -0.05) is 13.3 Å². The summed E-state index contributed by atoms with van der Waals surface area (Å²) in [4.78, 5) is 13.2. The summed E-state index contributed by atoms with van der Waals surface area (Å²) >= 11 is 0. The first-order valence-electron chi connectivity index (χ1n) is 7.56. The second-order valence-electron chi connectivity index (χ2n) is 5.84. The highest BCUT2D eigenvalue weighted by molar-refractivity contribution is 5.79. The van der Waals surface area contributed by atoms with E-state index in [1.54, 1.807) is 0 Å². The second kappa shape index (κ2) is 6.80. The van der Waals surface area contributed by atoms with E-state index in [0.717, 1.165) is 32.5 Å². The van der Waals surface area contributed by atoms with Gasteiger partial charge < -0.3 is 10.1 Å². The lowest BCUT2D eigenvalue weighted by Gasteiger charge is -2.31. The molecule has 4 nitrogen and oxygen atoms in total. The standard InChI is InChI=1S/C14H24F2N2O2/c1-2-7-18(9-11-5-3-4-6-17-11)10-12-8-14(15,16)13(19)20-12/h11-12,17H,2-10H2,1H3. The van der Waals surface area contributed by atoms with Crippen molar-refractivity contribution >= 4 is 5.97 Å². The van der Waals surface area contributed by atoms with Crippen molar-refractivity contribution in [2.45, 2.75) is 57.1 Å². The van der Waals surface area contributed by atoms with E-state index in [0.29, 0.717) is 12.6 Å². The molecular weight excluding hydrogens is 266 g/mol. The number of hydrogen-bond acceptors (Lipinski definition) is 4. The molecule has 2 aliphatic heterocycles. The van der Waals surface area contributed by atoms with Crippen molar-refractivity contribution in [1.82, 2.24) is 10.2 Å². The molecule has 0 spiro atoms. The minimum Gasteiger partial charge on any atom is -0.456 e. The van der Waals surface area contributed by atoms with Crippen LogP contribution in [0.5, 0.6) is 0 Å². The van der Waals surface area contributed by atoms with Crippen molar-refractivity contribution in [1.29, 1.82) is 0 Å². The molecular formula is C14H24F2N2O2. The Labute approximate surface area is 118 Å². The predicted molar refractivity (Wildman–Crippen MR) is 71.8 cm³/mol. The molecule has 1 N–H and O–H groups in total. The van der Waals surface area contributed by atoms with Crippen LogP contribution < -0.4 is 5.32 Å². The number of nitrogens with one attached hydrogen (secondary N) is 1. The van der Waals surface area contributed by atoms with Gasteiger partial charge in [-0.2, -0.15) is 8.78 Å². The van der Waals surface area contributed by atoms with Crippen molar-refractivity contribution in [3.8, 4) is 0 Å². The van der Waals surface area contributed by atoms with E-state index in [-0.39, 0.29) is 0 Å². The van der Waals surface area contributed by atoms with Gasteiger partial charge in [0.2, 0.25) is 0 Å². The molecule has 6 heteroatoms. The van der Waals surface area contributed by atoms with Crippen LogP contribution in [0.1, 0.15) is 39.0 Å². The Morgan fingerprint density at radius 2 is 2.20 bits per heavy atom. The molecule has 0 saturated carbocycles. The molecule has 0 amide bonds. The Balaban J connectivity index is 1.84. The highest BCUT2D eigenvalue weighted by Gasteiger charge is 2.50. The third-order valence-electron chi connectivity index (χ3n) is 3.95. The summed E-state index contributed by atoms with van der Waals surface area (Å²) in [7, 11) is 0. The lowest BCUT2D eigenvalue weighted by molar-refractivity contribution is -0.159. The number of halogens is 2. The first kappa shape index (κ1) is 15.6. The van der Waals surface area contributed by atoms with Crippen LogP contribution in [0.4, 0.5) is 8.78 Å². The maximum atomic E-state index is 13.2. The van der Waals surface area contributed by atoms with Gasteiger partial charge in [0.15, 0.2) is 0 Å². The molecule has 2 heterocycles. The van der Waals surface area contributed by atoms with Crippen LogP contribution >= 0.6 is 0 Å². The lowest BCUT2D eigenvalue weighted by atomic mass is 10.0. The van der Waals surface area contributed by atoms with Crippen LogP contribution in [0.25, 0.3) is 0 Å². The number of piperidine rings is 1. The van der Waals surface area contributed by atoms with E-state index in [1.165, 1.54) is 12.8 Å². The molecule has 20 heavy (non-hydrogen) atoms. The minimum absolute atomic E-state index is 0.410. The molecule has 116 valence electrons. The number of esters is 1. The summed E-state index contributed by atoms with van der Waals surface area (Å²) in [6, 6.07) is 0.424. The zero-order valence-electron chi connectivity index (χ0n) is 12.0. The molecule has 0 aromatic rings. The topological polar surface area (TPSA) is 41.6 Å². The van der Waals surface area contributed by atoms with Gasteiger partial charge in [-0.3, -0.25) is 4.90 Å². The van der Waals surface area contributed by atoms with Crippen LogP contribution in [-0.4, -0.2) is 55.1 Å². The van der Waals surface area contributed by atoms with Gasteiger partial charge in [0, 0.05) is 19.1 Å². The van der Waals surface area contributed by atoms with Crippen LogP contribution in [0.15, 0.2) is 0 Å². The van der Waals surface area contributed by atoms with Crippen molar-refractivity contribution in [2.24, 2.45) is 0 Å². The summed E-state index contributed by atoms with van der Waals surface area (Å²) in [6.07, 6.45) is 3.35. The van der Waals surface area contributed by atoms with Crippen LogP contribution in [0, 0.1) is 0 Å². The molecule has 2 unspecified atom stereocenters. The summed E-state index contributed by atoms with van der Waals surface area (Å²) < 4.78 is 31.1. The third kappa shape index (κ3) is 4.12. The minimum atomic E-state index is -3.30. The molecule has 2 saturated heterocycles. The zero-order chi connectivity index (χ0) is 14.6. The molecule has 2 aliphatic rings. The van der Waals surface area contributed by atoms with Crippen molar-refractivity contribution in [2.75, 3.05) is 26.2 Å². The number of rotatable bonds is 6. The van der Waals surface area contributed by atoms with Crippen molar-refractivity contribution in [3.05, 3.63) is 0 Å². The molecule has 0 radical (unpaired) electrons. The van der Waals surface area contributed by atoms with Gasteiger partial charge in [-0.25, -0.2) is 4.79 Å². The van der Waals surface area contributed by atoms with Gasteiger partial charge in [-0.15, -0.1) is 0 Å². The molecule has 2 rings (SSSR count). The molecule has 2 atom stereocenters. The maximum absolute atomic E-state index is 13.2. The Hall–Kier alpha value is -0.750. The summed E-state index contributed by atoms with van der Waals surface area (Å²) in [6.45, 7) is 5.19. The van der Waals surface area contributed by atoms with Crippen LogP contribution in [-0.2, 0) is 9.53 Å². The number of hydrogen-bond donors (Lipinski definition) is 1. The number of carbonyl (C=O) groups excluding carboxylic acids is 1. The monoisotopic (exact) mass is 290 g/mol. The number of ether oxygens (including phenoxy) is 1. The third-order valence-corrected chi connectivity index (χ3v) is 3.95. The lowest BCUT2D eigenvalue weighted by Crippen LogP contribution is -2.46. The summed E-state index contributed by atoms with van der Waals surface area (Å²) in [5.41, 5.74) is 0. The average Bonchev–Trinajstić information content (AvgIpc) is 2.64. The first-order valence-corrected chi connectivity index (χ1v) is 7.56. The van der Waals surface area contributed by atoms with E-state index in [9.17, 15) is 13.6 Å². The molecule has 2 fully saturated rings. The van der Waals surface area contributed by atoms with Crippen LogP contribution in [0.2, 0.25) is 0 Å². The molecule has 0 aromatic heterocycles. The van der Waals surface area contributed by atoms with Gasteiger partial charge in [0.05, 0.1) is 6.42 Å². The highest BCUT2D eigenvalue weighted by Crippen LogP contribution is 2.31.